The molecule has 9 heavy (non-hydrogen) atoms. The van der Waals surface area contributed by atoms with Gasteiger partial charge in [0.15, 0.2) is 0 Å². The van der Waals surface area contributed by atoms with Crippen LogP contribution in [-0.2, 0) is 11.3 Å². The maximum absolute atomic E-state index is 9.96. The largest absolute Gasteiger partial charge is 0.298 e. The lowest BCUT2D eigenvalue weighted by Crippen LogP contribution is -1.93. The zero-order valence-corrected chi connectivity index (χ0v) is 5.76. The lowest BCUT2D eigenvalue weighted by molar-refractivity contribution is 0.701. The SMILES string of the molecule is Cc1cncn1C=S=O. The number of aromatic nitrogens is 2. The van der Waals surface area contributed by atoms with Gasteiger partial charge < -0.3 is 0 Å². The molecule has 4 heteroatoms. The van der Waals surface area contributed by atoms with Gasteiger partial charge in [-0.3, -0.25) is 4.57 Å². The summed E-state index contributed by atoms with van der Waals surface area (Å²) in [5.74, 6) is 0. The molecule has 0 radical (unpaired) electrons. The molecule has 1 heterocycles. The van der Waals surface area contributed by atoms with Crippen molar-refractivity contribution < 1.29 is 4.21 Å². The fourth-order valence-electron chi connectivity index (χ4n) is 0.527. The van der Waals surface area contributed by atoms with Crippen LogP contribution in [0.5, 0.6) is 0 Å². The molecule has 0 atom stereocenters. The van der Waals surface area contributed by atoms with Crippen molar-refractivity contribution in [3.05, 3.63) is 18.2 Å². The molecule has 0 bridgehead atoms. The number of imidazole rings is 1. The Hall–Kier alpha value is -0.900. The number of hydrogen-bond acceptors (Lipinski definition) is 2. The second-order valence-electron chi connectivity index (χ2n) is 1.64. The second-order valence-corrected chi connectivity index (χ2v) is 2.05. The standard InChI is InChI=1S/C5H6N2OS/c1-5-2-6-3-7(5)4-9-8/h2-4H,1H3. The predicted octanol–water partition coefficient (Wildman–Crippen LogP) is 0.0123. The first kappa shape index (κ1) is 6.22. The monoisotopic (exact) mass is 142 g/mol. The molecule has 0 aliphatic rings. The molecule has 0 aliphatic carbocycles. The van der Waals surface area contributed by atoms with Crippen molar-refractivity contribution in [1.82, 2.24) is 9.55 Å². The van der Waals surface area contributed by atoms with Gasteiger partial charge in [0.2, 0.25) is 0 Å². The van der Waals surface area contributed by atoms with E-state index in [4.69, 9.17) is 0 Å². The molecule has 0 N–H and O–H groups in total. The molecule has 0 aromatic carbocycles. The van der Waals surface area contributed by atoms with E-state index < -0.39 is 0 Å². The summed E-state index contributed by atoms with van der Waals surface area (Å²) < 4.78 is 11.6. The smallest absolute Gasteiger partial charge is 0.107 e. The lowest BCUT2D eigenvalue weighted by atomic mass is 10.5. The molecule has 0 unspecified atom stereocenters. The Morgan fingerprint density at radius 3 is 3.11 bits per heavy atom. The van der Waals surface area contributed by atoms with E-state index in [2.05, 4.69) is 4.98 Å². The highest BCUT2D eigenvalue weighted by atomic mass is 32.1. The zero-order valence-electron chi connectivity index (χ0n) is 4.94. The van der Waals surface area contributed by atoms with E-state index in [1.807, 2.05) is 6.92 Å². The fourth-order valence-corrected chi connectivity index (χ4v) is 0.841. The highest BCUT2D eigenvalue weighted by Crippen LogP contribution is 1.89. The van der Waals surface area contributed by atoms with Gasteiger partial charge in [0.05, 0.1) is 6.33 Å². The van der Waals surface area contributed by atoms with Gasteiger partial charge in [-0.2, -0.15) is 0 Å². The van der Waals surface area contributed by atoms with E-state index in [1.165, 1.54) is 5.49 Å². The van der Waals surface area contributed by atoms with Crippen LogP contribution in [-0.4, -0.2) is 19.3 Å². The maximum Gasteiger partial charge on any atom is 0.107 e. The summed E-state index contributed by atoms with van der Waals surface area (Å²) in [6.07, 6.45) is 3.30. The molecule has 0 aliphatic heterocycles. The minimum absolute atomic E-state index is 0.421. The minimum Gasteiger partial charge on any atom is -0.298 e. The number of nitrogens with zero attached hydrogens (tertiary/aromatic N) is 2. The summed E-state index contributed by atoms with van der Waals surface area (Å²) in [7, 11) is 0. The van der Waals surface area contributed by atoms with Crippen LogP contribution < -0.4 is 0 Å². The third-order valence-electron chi connectivity index (χ3n) is 1.02. The quantitative estimate of drug-likeness (QED) is 0.518. The second kappa shape index (κ2) is 2.59. The normalized spacial score (nSPS) is 9.00. The lowest BCUT2D eigenvalue weighted by Gasteiger charge is -1.88. The zero-order chi connectivity index (χ0) is 6.69. The first-order valence-electron chi connectivity index (χ1n) is 2.45. The van der Waals surface area contributed by atoms with Gasteiger partial charge in [0, 0.05) is 11.9 Å². The predicted molar refractivity (Wildman–Crippen MR) is 36.6 cm³/mol. The van der Waals surface area contributed by atoms with Crippen molar-refractivity contribution in [2.24, 2.45) is 0 Å². The molecule has 0 saturated heterocycles. The van der Waals surface area contributed by atoms with Crippen molar-refractivity contribution in [3.63, 3.8) is 0 Å². The molecule has 0 saturated carbocycles. The Balaban J connectivity index is 3.07. The van der Waals surface area contributed by atoms with Gasteiger partial charge in [-0.25, -0.2) is 9.19 Å². The van der Waals surface area contributed by atoms with Gasteiger partial charge in [0.1, 0.15) is 16.7 Å². The van der Waals surface area contributed by atoms with E-state index in [0.29, 0.717) is 11.3 Å². The van der Waals surface area contributed by atoms with Crippen molar-refractivity contribution in [1.29, 1.82) is 0 Å². The van der Waals surface area contributed by atoms with E-state index in [1.54, 1.807) is 17.1 Å². The van der Waals surface area contributed by atoms with E-state index in [0.717, 1.165) is 5.69 Å². The van der Waals surface area contributed by atoms with Crippen LogP contribution in [0.1, 0.15) is 5.69 Å². The number of hydrogen-bond donors (Lipinski definition) is 0. The molecule has 1 rings (SSSR count). The minimum atomic E-state index is 0.421. The first-order chi connectivity index (χ1) is 4.34. The van der Waals surface area contributed by atoms with Gasteiger partial charge in [-0.1, -0.05) is 0 Å². The summed E-state index contributed by atoms with van der Waals surface area (Å²) in [5.41, 5.74) is 2.43. The topological polar surface area (TPSA) is 34.9 Å². The molecule has 0 fully saturated rings. The maximum atomic E-state index is 9.96. The Morgan fingerprint density at radius 1 is 1.89 bits per heavy atom. The van der Waals surface area contributed by atoms with Crippen LogP contribution in [0.4, 0.5) is 0 Å². The Morgan fingerprint density at radius 2 is 2.67 bits per heavy atom. The van der Waals surface area contributed by atoms with Crippen LogP contribution in [0.2, 0.25) is 0 Å². The van der Waals surface area contributed by atoms with E-state index in [-0.39, 0.29) is 0 Å². The Bertz CT molecular complexity index is 249. The molecule has 3 nitrogen and oxygen atoms in total. The third kappa shape index (κ3) is 1.26. The van der Waals surface area contributed by atoms with Crippen molar-refractivity contribution >= 4 is 16.7 Å². The average Bonchev–Trinajstić information content (AvgIpc) is 2.18. The fraction of sp³-hybridized carbons (Fsp3) is 0.200. The number of aryl methyl sites for hydroxylation is 1. The van der Waals surface area contributed by atoms with Crippen LogP contribution in [0.25, 0.3) is 0 Å². The highest BCUT2D eigenvalue weighted by Gasteiger charge is 1.88. The number of rotatable bonds is 1. The van der Waals surface area contributed by atoms with Gasteiger partial charge >= 0.3 is 0 Å². The van der Waals surface area contributed by atoms with Gasteiger partial charge in [-0.05, 0) is 6.92 Å². The van der Waals surface area contributed by atoms with Crippen LogP contribution >= 0.6 is 0 Å². The first-order valence-corrected chi connectivity index (χ1v) is 3.25. The molecule has 48 valence electrons. The summed E-state index contributed by atoms with van der Waals surface area (Å²) in [4.78, 5) is 3.82. The Kier molecular flexibility index (Phi) is 1.79. The van der Waals surface area contributed by atoms with Crippen molar-refractivity contribution in [2.75, 3.05) is 0 Å². The van der Waals surface area contributed by atoms with Crippen LogP contribution in [0.15, 0.2) is 12.5 Å². The molecule has 1 aromatic rings. The van der Waals surface area contributed by atoms with Crippen molar-refractivity contribution in [2.45, 2.75) is 6.92 Å². The molecule has 0 spiro atoms. The summed E-state index contributed by atoms with van der Waals surface area (Å²) in [6, 6.07) is 0. The van der Waals surface area contributed by atoms with Gasteiger partial charge in [-0.15, -0.1) is 0 Å². The van der Waals surface area contributed by atoms with E-state index in [9.17, 15) is 4.21 Å². The average molecular weight is 142 g/mol. The molecule has 1 aromatic heterocycles. The molecule has 0 amide bonds. The third-order valence-corrected chi connectivity index (χ3v) is 1.33. The van der Waals surface area contributed by atoms with Gasteiger partial charge in [0.25, 0.3) is 0 Å². The molecular formula is C5H6N2OS. The summed E-state index contributed by atoms with van der Waals surface area (Å²) in [6.45, 7) is 1.89. The van der Waals surface area contributed by atoms with Crippen LogP contribution in [0, 0.1) is 6.92 Å². The summed E-state index contributed by atoms with van der Waals surface area (Å²) >= 11 is 0.421. The molecular weight excluding hydrogens is 136 g/mol. The highest BCUT2D eigenvalue weighted by molar-refractivity contribution is 7.64. The summed E-state index contributed by atoms with van der Waals surface area (Å²) in [5, 5.41) is 0. The van der Waals surface area contributed by atoms with E-state index >= 15 is 0 Å². The Labute approximate surface area is 56.4 Å². The van der Waals surface area contributed by atoms with Crippen LogP contribution in [0.3, 0.4) is 0 Å². The van der Waals surface area contributed by atoms with Crippen molar-refractivity contribution in [3.8, 4) is 0 Å².